The van der Waals surface area contributed by atoms with Gasteiger partial charge in [-0.1, -0.05) is 29.3 Å². The van der Waals surface area contributed by atoms with Crippen molar-refractivity contribution in [2.75, 3.05) is 10.5 Å². The standard InChI is InChI=1S/C12H11Cl2N3O2S/c1-7-2-3-11(16-6-7)17-20(18,19)12-9(14)4-8(13)5-10(12)15/h2-6H,15H2,1H3,(H,16,17). The number of nitrogens with one attached hydrogen (secondary N) is 1. The molecule has 8 heteroatoms. The van der Waals surface area contributed by atoms with E-state index in [0.717, 1.165) is 5.56 Å². The van der Waals surface area contributed by atoms with Crippen LogP contribution in [0, 0.1) is 6.92 Å². The fourth-order valence-corrected chi connectivity index (χ4v) is 3.58. The second kappa shape index (κ2) is 5.47. The number of pyridine rings is 1. The minimum Gasteiger partial charge on any atom is -0.398 e. The van der Waals surface area contributed by atoms with Crippen LogP contribution in [0.1, 0.15) is 5.56 Å². The zero-order valence-corrected chi connectivity index (χ0v) is 12.7. The predicted molar refractivity (Wildman–Crippen MR) is 80.7 cm³/mol. The number of nitrogen functional groups attached to an aromatic ring is 1. The first kappa shape index (κ1) is 14.9. The largest absolute Gasteiger partial charge is 0.398 e. The van der Waals surface area contributed by atoms with Crippen LogP contribution >= 0.6 is 23.2 Å². The molecule has 2 aromatic rings. The zero-order valence-electron chi connectivity index (χ0n) is 10.4. The molecule has 5 nitrogen and oxygen atoms in total. The van der Waals surface area contributed by atoms with Gasteiger partial charge in [0.25, 0.3) is 10.0 Å². The molecule has 1 heterocycles. The molecule has 20 heavy (non-hydrogen) atoms. The summed E-state index contributed by atoms with van der Waals surface area (Å²) >= 11 is 11.7. The predicted octanol–water partition coefficient (Wildman–Crippen LogP) is 3.08. The number of nitrogens with zero attached hydrogens (tertiary/aromatic N) is 1. The summed E-state index contributed by atoms with van der Waals surface area (Å²) in [6.45, 7) is 1.85. The maximum absolute atomic E-state index is 12.3. The summed E-state index contributed by atoms with van der Waals surface area (Å²) < 4.78 is 26.9. The van der Waals surface area contributed by atoms with Crippen LogP contribution in [-0.4, -0.2) is 13.4 Å². The van der Waals surface area contributed by atoms with Crippen LogP contribution < -0.4 is 10.5 Å². The van der Waals surface area contributed by atoms with Gasteiger partial charge in [0.15, 0.2) is 0 Å². The van der Waals surface area contributed by atoms with Crippen molar-refractivity contribution in [3.05, 3.63) is 46.1 Å². The van der Waals surface area contributed by atoms with E-state index in [1.165, 1.54) is 12.1 Å². The van der Waals surface area contributed by atoms with Crippen molar-refractivity contribution in [2.45, 2.75) is 11.8 Å². The molecule has 0 saturated heterocycles. The molecular weight excluding hydrogens is 321 g/mol. The van der Waals surface area contributed by atoms with Crippen LogP contribution in [0.3, 0.4) is 0 Å². The van der Waals surface area contributed by atoms with Crippen LogP contribution in [0.4, 0.5) is 11.5 Å². The maximum atomic E-state index is 12.3. The summed E-state index contributed by atoms with van der Waals surface area (Å²) in [5.74, 6) is 0.181. The molecule has 3 N–H and O–H groups in total. The highest BCUT2D eigenvalue weighted by Gasteiger charge is 2.22. The van der Waals surface area contributed by atoms with Crippen molar-refractivity contribution in [3.63, 3.8) is 0 Å². The van der Waals surface area contributed by atoms with Crippen molar-refractivity contribution in [1.82, 2.24) is 4.98 Å². The lowest BCUT2D eigenvalue weighted by molar-refractivity contribution is 0.601. The lowest BCUT2D eigenvalue weighted by atomic mass is 10.3. The molecule has 0 aliphatic heterocycles. The number of hydrogen-bond donors (Lipinski definition) is 2. The quantitative estimate of drug-likeness (QED) is 0.846. The van der Waals surface area contributed by atoms with Gasteiger partial charge in [0, 0.05) is 11.2 Å². The second-order valence-corrected chi connectivity index (χ2v) is 6.60. The summed E-state index contributed by atoms with van der Waals surface area (Å²) in [5, 5.41) is 0.217. The first-order valence-electron chi connectivity index (χ1n) is 5.49. The Morgan fingerprint density at radius 1 is 1.25 bits per heavy atom. The van der Waals surface area contributed by atoms with Gasteiger partial charge in [0.1, 0.15) is 10.7 Å². The van der Waals surface area contributed by atoms with Crippen LogP contribution in [0.25, 0.3) is 0 Å². The van der Waals surface area contributed by atoms with E-state index in [9.17, 15) is 8.42 Å². The number of sulfonamides is 1. The molecule has 0 unspecified atom stereocenters. The van der Waals surface area contributed by atoms with Gasteiger partial charge in [-0.15, -0.1) is 0 Å². The number of nitrogens with two attached hydrogens (primary N) is 1. The Bertz CT molecular complexity index is 723. The molecule has 0 bridgehead atoms. The molecule has 1 aromatic heterocycles. The third kappa shape index (κ3) is 3.15. The molecule has 0 fully saturated rings. The Labute approximate surface area is 126 Å². The first-order valence-corrected chi connectivity index (χ1v) is 7.73. The van der Waals surface area contributed by atoms with Gasteiger partial charge in [-0.2, -0.15) is 0 Å². The van der Waals surface area contributed by atoms with Gasteiger partial charge >= 0.3 is 0 Å². The summed E-state index contributed by atoms with van der Waals surface area (Å²) in [4.78, 5) is 3.75. The number of rotatable bonds is 3. The normalized spacial score (nSPS) is 11.3. The Balaban J connectivity index is 2.43. The minimum absolute atomic E-state index is 0.0258. The highest BCUT2D eigenvalue weighted by Crippen LogP contribution is 2.32. The summed E-state index contributed by atoms with van der Waals surface area (Å²) in [5.41, 5.74) is 6.57. The number of benzene rings is 1. The molecule has 0 saturated carbocycles. The summed E-state index contributed by atoms with van der Waals surface area (Å²) in [7, 11) is -3.93. The van der Waals surface area contributed by atoms with Gasteiger partial charge in [0.2, 0.25) is 0 Å². The van der Waals surface area contributed by atoms with Crippen molar-refractivity contribution in [1.29, 1.82) is 0 Å². The SMILES string of the molecule is Cc1ccc(NS(=O)(=O)c2c(N)cc(Cl)cc2Cl)nc1. The minimum atomic E-state index is -3.93. The van der Waals surface area contributed by atoms with Crippen LogP contribution in [0.5, 0.6) is 0 Å². The molecule has 0 aliphatic carbocycles. The first-order chi connectivity index (χ1) is 9.29. The summed E-state index contributed by atoms with van der Waals surface area (Å²) in [6.07, 6.45) is 1.55. The molecule has 0 aliphatic rings. The van der Waals surface area contributed by atoms with E-state index >= 15 is 0 Å². The average molecular weight is 332 g/mol. The van der Waals surface area contributed by atoms with Crippen molar-refractivity contribution >= 4 is 44.7 Å². The van der Waals surface area contributed by atoms with E-state index in [4.69, 9.17) is 28.9 Å². The maximum Gasteiger partial charge on any atom is 0.266 e. The van der Waals surface area contributed by atoms with Crippen molar-refractivity contribution < 1.29 is 8.42 Å². The topological polar surface area (TPSA) is 85.1 Å². The molecule has 2 rings (SSSR count). The number of anilines is 2. The van der Waals surface area contributed by atoms with E-state index in [-0.39, 0.29) is 26.4 Å². The Hall–Kier alpha value is -1.50. The van der Waals surface area contributed by atoms with E-state index in [2.05, 4.69) is 9.71 Å². The van der Waals surface area contributed by atoms with Crippen LogP contribution in [-0.2, 0) is 10.0 Å². The second-order valence-electron chi connectivity index (χ2n) is 4.13. The van der Waals surface area contributed by atoms with Crippen molar-refractivity contribution in [2.24, 2.45) is 0 Å². The number of aryl methyl sites for hydroxylation is 1. The highest BCUT2D eigenvalue weighted by molar-refractivity contribution is 7.93. The van der Waals surface area contributed by atoms with Gasteiger partial charge in [-0.25, -0.2) is 13.4 Å². The van der Waals surface area contributed by atoms with E-state index in [0.29, 0.717) is 0 Å². The average Bonchev–Trinajstić information content (AvgIpc) is 2.30. The number of halogens is 2. The third-order valence-electron chi connectivity index (χ3n) is 2.46. The lowest BCUT2D eigenvalue weighted by Gasteiger charge is -2.11. The summed E-state index contributed by atoms with van der Waals surface area (Å²) in [6, 6.07) is 5.92. The van der Waals surface area contributed by atoms with Crippen LogP contribution in [0.2, 0.25) is 10.0 Å². The molecule has 0 amide bonds. The monoisotopic (exact) mass is 331 g/mol. The Morgan fingerprint density at radius 3 is 2.50 bits per heavy atom. The number of aromatic nitrogens is 1. The molecule has 0 radical (unpaired) electrons. The van der Waals surface area contributed by atoms with Crippen molar-refractivity contribution in [3.8, 4) is 0 Å². The smallest absolute Gasteiger partial charge is 0.266 e. The van der Waals surface area contributed by atoms with Gasteiger partial charge in [0.05, 0.1) is 10.7 Å². The van der Waals surface area contributed by atoms with Gasteiger partial charge < -0.3 is 5.73 Å². The number of hydrogen-bond acceptors (Lipinski definition) is 4. The van der Waals surface area contributed by atoms with E-state index in [1.54, 1.807) is 18.3 Å². The third-order valence-corrected chi connectivity index (χ3v) is 4.56. The van der Waals surface area contributed by atoms with E-state index < -0.39 is 10.0 Å². The van der Waals surface area contributed by atoms with Gasteiger partial charge in [-0.3, -0.25) is 4.72 Å². The highest BCUT2D eigenvalue weighted by atomic mass is 35.5. The van der Waals surface area contributed by atoms with Gasteiger partial charge in [-0.05, 0) is 30.7 Å². The molecule has 0 spiro atoms. The molecule has 0 atom stereocenters. The fraction of sp³-hybridized carbons (Fsp3) is 0.0833. The van der Waals surface area contributed by atoms with Crippen LogP contribution in [0.15, 0.2) is 35.4 Å². The lowest BCUT2D eigenvalue weighted by Crippen LogP contribution is -2.16. The fourth-order valence-electron chi connectivity index (χ4n) is 1.58. The Morgan fingerprint density at radius 2 is 1.95 bits per heavy atom. The molecular formula is C12H11Cl2N3O2S. The Kier molecular flexibility index (Phi) is 4.08. The molecule has 106 valence electrons. The molecule has 1 aromatic carbocycles. The van der Waals surface area contributed by atoms with E-state index in [1.807, 2.05) is 6.92 Å². The zero-order chi connectivity index (χ0) is 14.9.